The molecule has 0 aromatic heterocycles. The van der Waals surface area contributed by atoms with Gasteiger partial charge in [-0.2, -0.15) is 0 Å². The van der Waals surface area contributed by atoms with Crippen LogP contribution in [-0.4, -0.2) is 24.0 Å². The van der Waals surface area contributed by atoms with Crippen molar-refractivity contribution in [3.8, 4) is 0 Å². The van der Waals surface area contributed by atoms with Gasteiger partial charge in [-0.05, 0) is 56.2 Å². The van der Waals surface area contributed by atoms with Crippen molar-refractivity contribution in [1.82, 2.24) is 4.90 Å². The largest absolute Gasteiger partial charge is 0.330 e. The number of hydrogen-bond acceptors (Lipinski definition) is 2. The molecule has 2 nitrogen and oxygen atoms in total. The highest BCUT2D eigenvalue weighted by molar-refractivity contribution is 5.20. The number of likely N-dealkylation sites (tertiary alicyclic amines) is 1. The zero-order valence-corrected chi connectivity index (χ0v) is 12.7. The molecular weight excluding hydrogens is 244 g/mol. The van der Waals surface area contributed by atoms with Crippen LogP contribution in [0.3, 0.4) is 0 Å². The highest BCUT2D eigenvalue weighted by atomic mass is 15.2. The minimum absolute atomic E-state index is 0.626. The van der Waals surface area contributed by atoms with E-state index in [0.717, 1.165) is 12.5 Å². The third-order valence-electron chi connectivity index (χ3n) is 5.43. The minimum atomic E-state index is 0.626. The van der Waals surface area contributed by atoms with Gasteiger partial charge in [0.05, 0.1) is 0 Å². The molecule has 0 amide bonds. The first-order valence-corrected chi connectivity index (χ1v) is 8.30. The number of nitrogens with two attached hydrogens (primary N) is 1. The Morgan fingerprint density at radius 2 is 1.95 bits per heavy atom. The fraction of sp³-hybridized carbons (Fsp3) is 0.667. The molecular formula is C18H28N2. The summed E-state index contributed by atoms with van der Waals surface area (Å²) < 4.78 is 0. The average Bonchev–Trinajstić information content (AvgIpc) is 2.97. The Morgan fingerprint density at radius 3 is 2.70 bits per heavy atom. The van der Waals surface area contributed by atoms with Crippen molar-refractivity contribution in [1.29, 1.82) is 0 Å². The summed E-state index contributed by atoms with van der Waals surface area (Å²) in [6.45, 7) is 4.52. The summed E-state index contributed by atoms with van der Waals surface area (Å²) in [6, 6.07) is 12.4. The number of rotatable bonds is 3. The van der Waals surface area contributed by atoms with Crippen LogP contribution >= 0.6 is 0 Å². The molecule has 1 aromatic carbocycles. The second-order valence-corrected chi connectivity index (χ2v) is 6.79. The highest BCUT2D eigenvalue weighted by Gasteiger charge is 2.38. The summed E-state index contributed by atoms with van der Waals surface area (Å²) >= 11 is 0. The molecule has 110 valence electrons. The Kier molecular flexibility index (Phi) is 4.42. The van der Waals surface area contributed by atoms with E-state index in [-0.39, 0.29) is 0 Å². The number of benzene rings is 1. The molecule has 1 aliphatic heterocycles. The Balaban J connectivity index is 1.80. The van der Waals surface area contributed by atoms with Gasteiger partial charge in [0.25, 0.3) is 0 Å². The lowest BCUT2D eigenvalue weighted by Crippen LogP contribution is -2.46. The van der Waals surface area contributed by atoms with E-state index in [4.69, 9.17) is 5.73 Å². The second-order valence-electron chi connectivity index (χ2n) is 6.79. The third-order valence-corrected chi connectivity index (χ3v) is 5.43. The van der Waals surface area contributed by atoms with Crippen molar-refractivity contribution in [2.24, 2.45) is 17.6 Å². The molecule has 1 saturated heterocycles. The molecule has 0 radical (unpaired) electrons. The van der Waals surface area contributed by atoms with Gasteiger partial charge in [0.15, 0.2) is 0 Å². The van der Waals surface area contributed by atoms with Crippen molar-refractivity contribution >= 4 is 0 Å². The lowest BCUT2D eigenvalue weighted by atomic mass is 9.78. The van der Waals surface area contributed by atoms with Crippen molar-refractivity contribution in [3.05, 3.63) is 35.9 Å². The monoisotopic (exact) mass is 272 g/mol. The van der Waals surface area contributed by atoms with Crippen molar-refractivity contribution < 1.29 is 0 Å². The normalized spacial score (nSPS) is 35.3. The van der Waals surface area contributed by atoms with Crippen LogP contribution in [0, 0.1) is 11.8 Å². The first kappa shape index (κ1) is 14.1. The van der Waals surface area contributed by atoms with E-state index < -0.39 is 0 Å². The first-order valence-electron chi connectivity index (χ1n) is 8.30. The zero-order valence-electron chi connectivity index (χ0n) is 12.7. The van der Waals surface area contributed by atoms with E-state index in [9.17, 15) is 0 Å². The molecule has 0 spiro atoms. The first-order chi connectivity index (χ1) is 9.79. The molecule has 2 N–H and O–H groups in total. The molecule has 4 atom stereocenters. The van der Waals surface area contributed by atoms with Gasteiger partial charge >= 0.3 is 0 Å². The molecule has 3 rings (SSSR count). The molecule has 1 heterocycles. The van der Waals surface area contributed by atoms with Crippen LogP contribution in [-0.2, 0) is 0 Å². The quantitative estimate of drug-likeness (QED) is 0.911. The summed E-state index contributed by atoms with van der Waals surface area (Å²) in [7, 11) is 0. The fourth-order valence-electron chi connectivity index (χ4n) is 4.31. The molecule has 2 heteroatoms. The summed E-state index contributed by atoms with van der Waals surface area (Å²) in [4.78, 5) is 2.78. The summed E-state index contributed by atoms with van der Waals surface area (Å²) in [5, 5.41) is 0. The summed E-state index contributed by atoms with van der Waals surface area (Å²) in [5.74, 6) is 1.57. The van der Waals surface area contributed by atoms with Gasteiger partial charge in [0, 0.05) is 12.1 Å². The zero-order chi connectivity index (χ0) is 13.9. The smallest absolute Gasteiger partial charge is 0.0351 e. The van der Waals surface area contributed by atoms with E-state index in [1.165, 1.54) is 44.2 Å². The standard InChI is InChI=1S/C18H28N2/c1-14-9-10-16(13-19)18(12-14)20-11-5-8-17(20)15-6-3-2-4-7-15/h2-4,6-7,14,16-18H,5,8-13,19H2,1H3. The predicted molar refractivity (Wildman–Crippen MR) is 84.5 cm³/mol. The van der Waals surface area contributed by atoms with Gasteiger partial charge in [-0.25, -0.2) is 0 Å². The van der Waals surface area contributed by atoms with Crippen LogP contribution in [0.5, 0.6) is 0 Å². The van der Waals surface area contributed by atoms with E-state index in [1.54, 1.807) is 0 Å². The van der Waals surface area contributed by atoms with Crippen LogP contribution in [0.15, 0.2) is 30.3 Å². The van der Waals surface area contributed by atoms with E-state index >= 15 is 0 Å². The molecule has 0 bridgehead atoms. The SMILES string of the molecule is CC1CCC(CN)C(N2CCCC2c2ccccc2)C1. The lowest BCUT2D eigenvalue weighted by Gasteiger charge is -2.42. The molecule has 1 aliphatic carbocycles. The summed E-state index contributed by atoms with van der Waals surface area (Å²) in [6.07, 6.45) is 6.67. The second kappa shape index (κ2) is 6.28. The molecule has 4 unspecified atom stereocenters. The Morgan fingerprint density at radius 1 is 1.15 bits per heavy atom. The van der Waals surface area contributed by atoms with Gasteiger partial charge in [-0.1, -0.05) is 43.7 Å². The van der Waals surface area contributed by atoms with Crippen LogP contribution in [0.4, 0.5) is 0 Å². The van der Waals surface area contributed by atoms with Gasteiger partial charge in [-0.3, -0.25) is 4.90 Å². The molecule has 20 heavy (non-hydrogen) atoms. The summed E-state index contributed by atoms with van der Waals surface area (Å²) in [5.41, 5.74) is 7.56. The van der Waals surface area contributed by atoms with E-state index in [0.29, 0.717) is 18.0 Å². The Bertz CT molecular complexity index is 417. The number of nitrogens with zero attached hydrogens (tertiary/aromatic N) is 1. The van der Waals surface area contributed by atoms with Gasteiger partial charge in [-0.15, -0.1) is 0 Å². The molecule has 1 aromatic rings. The van der Waals surface area contributed by atoms with Crippen LogP contribution < -0.4 is 5.73 Å². The minimum Gasteiger partial charge on any atom is -0.330 e. The van der Waals surface area contributed by atoms with Gasteiger partial charge < -0.3 is 5.73 Å². The Labute approximate surface area is 123 Å². The van der Waals surface area contributed by atoms with Gasteiger partial charge in [0.2, 0.25) is 0 Å². The fourth-order valence-corrected chi connectivity index (χ4v) is 4.31. The van der Waals surface area contributed by atoms with E-state index in [2.05, 4.69) is 42.2 Å². The van der Waals surface area contributed by atoms with Crippen molar-refractivity contribution in [2.75, 3.05) is 13.1 Å². The lowest BCUT2D eigenvalue weighted by molar-refractivity contribution is 0.0753. The number of hydrogen-bond donors (Lipinski definition) is 1. The maximum Gasteiger partial charge on any atom is 0.0351 e. The molecule has 2 aliphatic rings. The predicted octanol–water partition coefficient (Wildman–Crippen LogP) is 3.59. The topological polar surface area (TPSA) is 29.3 Å². The van der Waals surface area contributed by atoms with E-state index in [1.807, 2.05) is 0 Å². The molecule has 1 saturated carbocycles. The van der Waals surface area contributed by atoms with Crippen molar-refractivity contribution in [3.63, 3.8) is 0 Å². The van der Waals surface area contributed by atoms with Crippen LogP contribution in [0.2, 0.25) is 0 Å². The Hall–Kier alpha value is -0.860. The van der Waals surface area contributed by atoms with Crippen LogP contribution in [0.1, 0.15) is 50.6 Å². The maximum absolute atomic E-state index is 6.06. The third kappa shape index (κ3) is 2.77. The highest BCUT2D eigenvalue weighted by Crippen LogP contribution is 2.40. The average molecular weight is 272 g/mol. The van der Waals surface area contributed by atoms with Crippen molar-refractivity contribution in [2.45, 2.75) is 51.1 Å². The maximum atomic E-state index is 6.06. The molecule has 2 fully saturated rings. The van der Waals surface area contributed by atoms with Crippen LogP contribution in [0.25, 0.3) is 0 Å². The van der Waals surface area contributed by atoms with Gasteiger partial charge in [0.1, 0.15) is 0 Å².